The highest BCUT2D eigenvalue weighted by atomic mass is 32.2. The highest BCUT2D eigenvalue weighted by Crippen LogP contribution is 2.43. The van der Waals surface area contributed by atoms with E-state index in [2.05, 4.69) is 11.0 Å². The van der Waals surface area contributed by atoms with Gasteiger partial charge in [0.1, 0.15) is 5.82 Å². The normalized spacial score (nSPS) is 17.2. The fourth-order valence-electron chi connectivity index (χ4n) is 5.66. The van der Waals surface area contributed by atoms with Crippen molar-refractivity contribution in [2.75, 3.05) is 37.9 Å². The van der Waals surface area contributed by atoms with Gasteiger partial charge in [0, 0.05) is 43.2 Å². The highest BCUT2D eigenvalue weighted by molar-refractivity contribution is 8.04. The lowest BCUT2D eigenvalue weighted by Crippen LogP contribution is -2.48. The topological polar surface area (TPSA) is 62.3 Å². The predicted octanol–water partition coefficient (Wildman–Crippen LogP) is 6.19. The van der Waals surface area contributed by atoms with E-state index < -0.39 is 0 Å². The number of thioether (sulfide) groups is 1. The van der Waals surface area contributed by atoms with E-state index in [1.54, 1.807) is 17.0 Å². The third kappa shape index (κ3) is 5.93. The molecule has 0 unspecified atom stereocenters. The summed E-state index contributed by atoms with van der Waals surface area (Å²) in [6.07, 6.45) is 1.88. The number of benzene rings is 4. The first-order valence-corrected chi connectivity index (χ1v) is 15.4. The predicted molar refractivity (Wildman–Crippen MR) is 168 cm³/mol. The minimum atomic E-state index is -0.330. The summed E-state index contributed by atoms with van der Waals surface area (Å²) in [5.41, 5.74) is 4.10. The number of hydrogen-bond acceptors (Lipinski definition) is 6. The molecule has 7 rings (SSSR count). The zero-order chi connectivity index (χ0) is 30.0. The molecule has 3 aliphatic heterocycles. The van der Waals surface area contributed by atoms with Gasteiger partial charge in [-0.15, -0.1) is 0 Å². The molecule has 4 aromatic rings. The van der Waals surface area contributed by atoms with Crippen molar-refractivity contribution in [1.82, 2.24) is 9.80 Å². The average Bonchev–Trinajstić information content (AvgIpc) is 3.52. The Labute approximate surface area is 259 Å². The molecule has 44 heavy (non-hydrogen) atoms. The van der Waals surface area contributed by atoms with E-state index >= 15 is 0 Å². The summed E-state index contributed by atoms with van der Waals surface area (Å²) in [6, 6.07) is 27.5. The van der Waals surface area contributed by atoms with Crippen LogP contribution < -0.4 is 14.4 Å². The number of carbonyl (C=O) groups excluding carboxylic acids is 2. The van der Waals surface area contributed by atoms with Crippen LogP contribution in [0.25, 0.3) is 6.08 Å². The van der Waals surface area contributed by atoms with Crippen LogP contribution in [0, 0.1) is 5.82 Å². The molecule has 0 spiro atoms. The summed E-state index contributed by atoms with van der Waals surface area (Å²) in [7, 11) is 0. The number of nitrogens with zero attached hydrogens (tertiary/aromatic N) is 3. The monoisotopic (exact) mass is 607 g/mol. The average molecular weight is 608 g/mol. The van der Waals surface area contributed by atoms with E-state index in [-0.39, 0.29) is 31.0 Å². The number of amides is 2. The zero-order valence-corrected chi connectivity index (χ0v) is 24.8. The molecule has 0 aromatic heterocycles. The molecule has 3 heterocycles. The lowest BCUT2D eigenvalue weighted by atomic mass is 10.1. The summed E-state index contributed by atoms with van der Waals surface area (Å²) in [5, 5.41) is 0. The number of halogens is 1. The Hall–Kier alpha value is -4.60. The summed E-state index contributed by atoms with van der Waals surface area (Å²) >= 11 is 1.40. The molecule has 0 bridgehead atoms. The Kier molecular flexibility index (Phi) is 7.80. The molecule has 0 N–H and O–H groups in total. The maximum Gasteiger partial charge on any atom is 0.265 e. The molecule has 222 valence electrons. The van der Waals surface area contributed by atoms with E-state index in [0.717, 1.165) is 52.7 Å². The van der Waals surface area contributed by atoms with E-state index in [0.29, 0.717) is 29.2 Å². The van der Waals surface area contributed by atoms with Crippen molar-refractivity contribution >= 4 is 35.3 Å². The van der Waals surface area contributed by atoms with Crippen LogP contribution in [-0.4, -0.2) is 54.6 Å². The summed E-state index contributed by atoms with van der Waals surface area (Å²) in [4.78, 5) is 34.9. The summed E-state index contributed by atoms with van der Waals surface area (Å²) in [5.74, 6) is 1.01. The van der Waals surface area contributed by atoms with Gasteiger partial charge in [-0.3, -0.25) is 14.5 Å². The fraction of sp³-hybridized carbons (Fsp3) is 0.200. The molecular weight excluding hydrogens is 577 g/mol. The molecule has 1 saturated heterocycles. The van der Waals surface area contributed by atoms with Crippen molar-refractivity contribution in [2.24, 2.45) is 0 Å². The standard InChI is InChI=1S/C35H30FN3O4S/c36-28-10-6-25(7-11-28)22-39-29-20-27(9-13-32(29)44-33(35(39)41)19-24-4-2-1-3-5-24)34(40)38-16-14-37(15-17-38)21-26-8-12-30-31(18-26)43-23-42-30/h1-13,18-20H,14-17,21-23H2. The van der Waals surface area contributed by atoms with Crippen LogP contribution in [0.4, 0.5) is 10.1 Å². The molecule has 0 radical (unpaired) electrons. The Morgan fingerprint density at radius 2 is 1.57 bits per heavy atom. The van der Waals surface area contributed by atoms with Gasteiger partial charge in [-0.05, 0) is 65.2 Å². The lowest BCUT2D eigenvalue weighted by molar-refractivity contribution is -0.114. The van der Waals surface area contributed by atoms with E-state index in [4.69, 9.17) is 9.47 Å². The number of hydrogen-bond donors (Lipinski definition) is 0. The van der Waals surface area contributed by atoms with Crippen molar-refractivity contribution in [2.45, 2.75) is 18.0 Å². The lowest BCUT2D eigenvalue weighted by Gasteiger charge is -2.35. The second-order valence-corrected chi connectivity index (χ2v) is 12.1. The first-order chi connectivity index (χ1) is 21.5. The van der Waals surface area contributed by atoms with Gasteiger partial charge in [0.25, 0.3) is 11.8 Å². The molecule has 7 nitrogen and oxygen atoms in total. The van der Waals surface area contributed by atoms with Crippen LogP contribution in [0.5, 0.6) is 11.5 Å². The second-order valence-electron chi connectivity index (χ2n) is 11.0. The molecule has 9 heteroatoms. The van der Waals surface area contributed by atoms with Gasteiger partial charge in [0.2, 0.25) is 6.79 Å². The van der Waals surface area contributed by atoms with Crippen LogP contribution in [0.15, 0.2) is 101 Å². The Balaban J connectivity index is 1.09. The van der Waals surface area contributed by atoms with Gasteiger partial charge in [-0.25, -0.2) is 4.39 Å². The van der Waals surface area contributed by atoms with E-state index in [1.165, 1.54) is 23.9 Å². The first kappa shape index (κ1) is 28.2. The van der Waals surface area contributed by atoms with Crippen molar-refractivity contribution < 1.29 is 23.5 Å². The van der Waals surface area contributed by atoms with Crippen molar-refractivity contribution in [3.63, 3.8) is 0 Å². The minimum Gasteiger partial charge on any atom is -0.454 e. The molecule has 2 amide bonds. The van der Waals surface area contributed by atoms with Crippen molar-refractivity contribution in [1.29, 1.82) is 0 Å². The molecular formula is C35H30FN3O4S. The summed E-state index contributed by atoms with van der Waals surface area (Å²) < 4.78 is 24.6. The maximum atomic E-state index is 13.8. The van der Waals surface area contributed by atoms with Gasteiger partial charge in [-0.2, -0.15) is 0 Å². The molecule has 4 aromatic carbocycles. The SMILES string of the molecule is O=C(c1ccc2c(c1)N(Cc1ccc(F)cc1)C(=O)C(=Cc1ccccc1)S2)N1CCN(Cc2ccc3c(c2)OCO3)CC1. The zero-order valence-electron chi connectivity index (χ0n) is 23.9. The van der Waals surface area contributed by atoms with E-state index in [1.807, 2.05) is 71.6 Å². The van der Waals surface area contributed by atoms with Crippen molar-refractivity contribution in [3.05, 3.63) is 124 Å². The third-order valence-electron chi connectivity index (χ3n) is 8.03. The van der Waals surface area contributed by atoms with Gasteiger partial charge in [-0.1, -0.05) is 60.3 Å². The highest BCUT2D eigenvalue weighted by Gasteiger charge is 2.31. The van der Waals surface area contributed by atoms with Gasteiger partial charge < -0.3 is 19.3 Å². The number of carbonyl (C=O) groups is 2. The number of ether oxygens (including phenoxy) is 2. The van der Waals surface area contributed by atoms with Crippen LogP contribution in [0.2, 0.25) is 0 Å². The minimum absolute atomic E-state index is 0.0552. The van der Waals surface area contributed by atoms with Crippen LogP contribution in [-0.2, 0) is 17.9 Å². The van der Waals surface area contributed by atoms with Gasteiger partial charge in [0.05, 0.1) is 17.1 Å². The number of rotatable bonds is 6. The third-order valence-corrected chi connectivity index (χ3v) is 9.10. The summed E-state index contributed by atoms with van der Waals surface area (Å²) in [6.45, 7) is 4.01. The van der Waals surface area contributed by atoms with Gasteiger partial charge in [0.15, 0.2) is 11.5 Å². The largest absolute Gasteiger partial charge is 0.454 e. The second kappa shape index (κ2) is 12.2. The van der Waals surface area contributed by atoms with Crippen molar-refractivity contribution in [3.8, 4) is 11.5 Å². The van der Waals surface area contributed by atoms with Crippen LogP contribution in [0.1, 0.15) is 27.0 Å². The van der Waals surface area contributed by atoms with E-state index in [9.17, 15) is 14.0 Å². The quantitative estimate of drug-likeness (QED) is 0.244. The Morgan fingerprint density at radius 3 is 2.36 bits per heavy atom. The molecule has 1 fully saturated rings. The Bertz CT molecular complexity index is 1740. The number of anilines is 1. The number of fused-ring (bicyclic) bond motifs is 2. The molecule has 0 saturated carbocycles. The van der Waals surface area contributed by atoms with Crippen LogP contribution in [0.3, 0.4) is 0 Å². The molecule has 3 aliphatic rings. The smallest absolute Gasteiger partial charge is 0.265 e. The van der Waals surface area contributed by atoms with Crippen LogP contribution >= 0.6 is 11.8 Å². The number of piperazine rings is 1. The Morgan fingerprint density at radius 1 is 0.818 bits per heavy atom. The maximum absolute atomic E-state index is 13.8. The first-order valence-electron chi connectivity index (χ1n) is 14.6. The fourth-order valence-corrected chi connectivity index (χ4v) is 6.70. The van der Waals surface area contributed by atoms with Gasteiger partial charge >= 0.3 is 0 Å². The molecule has 0 atom stereocenters. The molecule has 0 aliphatic carbocycles.